The number of nitrogens with zero attached hydrogens (tertiary/aromatic N) is 2. The molecule has 2 rings (SSSR count). The van der Waals surface area contributed by atoms with Crippen molar-refractivity contribution >= 4 is 16.0 Å². The minimum atomic E-state index is -3.95. The fourth-order valence-corrected chi connectivity index (χ4v) is 3.49. The number of rotatable bonds is 6. The van der Waals surface area contributed by atoms with Crippen molar-refractivity contribution in [3.05, 3.63) is 11.8 Å². The fourth-order valence-electron chi connectivity index (χ4n) is 2.16. The molecule has 10 heteroatoms. The van der Waals surface area contributed by atoms with Crippen LogP contribution in [0.5, 0.6) is 0 Å². The van der Waals surface area contributed by atoms with Gasteiger partial charge in [0.25, 0.3) is 10.0 Å². The molecule has 3 N–H and O–H groups in total. The zero-order valence-electron chi connectivity index (χ0n) is 11.6. The normalized spacial score (nSPS) is 18.5. The van der Waals surface area contributed by atoms with Gasteiger partial charge >= 0.3 is 5.97 Å². The summed E-state index contributed by atoms with van der Waals surface area (Å²) in [5.74, 6) is -1.34. The second-order valence-corrected chi connectivity index (χ2v) is 6.50. The minimum absolute atomic E-state index is 0.363. The van der Waals surface area contributed by atoms with Gasteiger partial charge in [-0.15, -0.1) is 0 Å². The van der Waals surface area contributed by atoms with Gasteiger partial charge in [-0.2, -0.15) is 5.10 Å². The van der Waals surface area contributed by atoms with Crippen LogP contribution in [0.1, 0.15) is 17.3 Å². The number of aromatic carboxylic acids is 1. The second-order valence-electron chi connectivity index (χ2n) is 4.85. The number of ether oxygens (including phenoxy) is 1. The number of hydrogen-bond donors (Lipinski definition) is 3. The molecule has 1 fully saturated rings. The molecule has 9 nitrogen and oxygen atoms in total. The lowest BCUT2D eigenvalue weighted by atomic mass is 10.3. The summed E-state index contributed by atoms with van der Waals surface area (Å²) >= 11 is 0. The van der Waals surface area contributed by atoms with Gasteiger partial charge in [0.2, 0.25) is 0 Å². The summed E-state index contributed by atoms with van der Waals surface area (Å²) in [6.45, 7) is 5.00. The number of carbonyl (C=O) groups is 1. The molecule has 21 heavy (non-hydrogen) atoms. The van der Waals surface area contributed by atoms with E-state index in [-0.39, 0.29) is 11.6 Å². The first-order valence-corrected chi connectivity index (χ1v) is 7.97. The molecule has 0 aromatic carbocycles. The van der Waals surface area contributed by atoms with E-state index in [2.05, 4.69) is 19.8 Å². The van der Waals surface area contributed by atoms with Gasteiger partial charge in [0, 0.05) is 25.7 Å². The number of aromatic amines is 1. The van der Waals surface area contributed by atoms with Gasteiger partial charge in [-0.3, -0.25) is 10.00 Å². The molecular weight excluding hydrogens is 300 g/mol. The van der Waals surface area contributed by atoms with Gasteiger partial charge in [0.05, 0.1) is 19.4 Å². The first-order chi connectivity index (χ1) is 9.90. The van der Waals surface area contributed by atoms with Crippen LogP contribution in [0.15, 0.2) is 11.2 Å². The molecule has 1 aliphatic rings. The molecule has 0 radical (unpaired) electrons. The van der Waals surface area contributed by atoms with Crippen LogP contribution in [-0.4, -0.2) is 73.5 Å². The molecular formula is C11H18N4O5S. The summed E-state index contributed by atoms with van der Waals surface area (Å²) < 4.78 is 32.0. The molecule has 1 aliphatic heterocycles. The zero-order valence-corrected chi connectivity index (χ0v) is 12.4. The van der Waals surface area contributed by atoms with Crippen LogP contribution < -0.4 is 4.72 Å². The van der Waals surface area contributed by atoms with Crippen LogP contribution in [0.3, 0.4) is 0 Å². The van der Waals surface area contributed by atoms with Crippen LogP contribution >= 0.6 is 0 Å². The van der Waals surface area contributed by atoms with Crippen LogP contribution in [0.2, 0.25) is 0 Å². The Morgan fingerprint density at radius 1 is 1.57 bits per heavy atom. The van der Waals surface area contributed by atoms with Crippen molar-refractivity contribution in [3.63, 3.8) is 0 Å². The average molecular weight is 318 g/mol. The first kappa shape index (κ1) is 15.9. The smallest absolute Gasteiger partial charge is 0.340 e. The van der Waals surface area contributed by atoms with Crippen molar-refractivity contribution in [2.24, 2.45) is 0 Å². The van der Waals surface area contributed by atoms with Crippen LogP contribution in [0.4, 0.5) is 0 Å². The minimum Gasteiger partial charge on any atom is -0.478 e. The molecule has 0 amide bonds. The van der Waals surface area contributed by atoms with Crippen molar-refractivity contribution < 1.29 is 23.1 Å². The van der Waals surface area contributed by atoms with Gasteiger partial charge in [-0.1, -0.05) is 0 Å². The number of sulfonamides is 1. The summed E-state index contributed by atoms with van der Waals surface area (Å²) in [4.78, 5) is 13.0. The van der Waals surface area contributed by atoms with Crippen molar-refractivity contribution in [2.75, 3.05) is 32.8 Å². The fraction of sp³-hybridized carbons (Fsp3) is 0.636. The molecule has 1 saturated heterocycles. The number of hydrogen-bond acceptors (Lipinski definition) is 6. The Morgan fingerprint density at radius 3 is 2.86 bits per heavy atom. The molecule has 0 saturated carbocycles. The quantitative estimate of drug-likeness (QED) is 0.621. The third-order valence-corrected chi connectivity index (χ3v) is 4.66. The summed E-state index contributed by atoms with van der Waals surface area (Å²) in [6.07, 6.45) is 0.976. The van der Waals surface area contributed by atoms with E-state index >= 15 is 0 Å². The van der Waals surface area contributed by atoms with Gasteiger partial charge in [0.1, 0.15) is 5.56 Å². The van der Waals surface area contributed by atoms with E-state index in [0.717, 1.165) is 19.3 Å². The van der Waals surface area contributed by atoms with E-state index < -0.39 is 21.0 Å². The number of nitrogens with one attached hydrogen (secondary N) is 2. The highest BCUT2D eigenvalue weighted by Crippen LogP contribution is 2.12. The van der Waals surface area contributed by atoms with E-state index in [1.165, 1.54) is 0 Å². The molecule has 1 atom stereocenters. The number of aromatic nitrogens is 2. The Kier molecular flexibility index (Phi) is 4.93. The molecule has 2 heterocycles. The van der Waals surface area contributed by atoms with E-state index in [1.807, 2.05) is 0 Å². The van der Waals surface area contributed by atoms with E-state index in [4.69, 9.17) is 9.84 Å². The van der Waals surface area contributed by atoms with Gasteiger partial charge < -0.3 is 9.84 Å². The van der Waals surface area contributed by atoms with E-state index in [9.17, 15) is 13.2 Å². The lowest BCUT2D eigenvalue weighted by Crippen LogP contribution is -2.46. The zero-order chi connectivity index (χ0) is 15.5. The highest BCUT2D eigenvalue weighted by Gasteiger charge is 2.27. The predicted octanol–water partition coefficient (Wildman–Crippen LogP) is -0.893. The molecule has 1 aromatic rings. The molecule has 1 unspecified atom stereocenters. The summed E-state index contributed by atoms with van der Waals surface area (Å²) in [5, 5.41) is 14.2. The number of carboxylic acid groups (broad SMARTS) is 1. The summed E-state index contributed by atoms with van der Waals surface area (Å²) in [5.41, 5.74) is -0.374. The van der Waals surface area contributed by atoms with Crippen molar-refractivity contribution in [2.45, 2.75) is 18.0 Å². The number of morpholine rings is 1. The maximum absolute atomic E-state index is 12.2. The highest BCUT2D eigenvalue weighted by molar-refractivity contribution is 7.89. The largest absolute Gasteiger partial charge is 0.478 e. The monoisotopic (exact) mass is 318 g/mol. The third-order valence-electron chi connectivity index (χ3n) is 3.10. The molecule has 1 aromatic heterocycles. The summed E-state index contributed by atoms with van der Waals surface area (Å²) in [7, 11) is -3.95. The lowest BCUT2D eigenvalue weighted by molar-refractivity contribution is 0.0354. The topological polar surface area (TPSA) is 125 Å². The molecule has 0 spiro atoms. The Balaban J connectivity index is 2.02. The van der Waals surface area contributed by atoms with Crippen molar-refractivity contribution in [1.29, 1.82) is 0 Å². The average Bonchev–Trinajstić information content (AvgIpc) is 2.89. The van der Waals surface area contributed by atoms with Gasteiger partial charge in [-0.05, 0) is 6.92 Å². The molecule has 0 aliphatic carbocycles. The van der Waals surface area contributed by atoms with Crippen LogP contribution in [-0.2, 0) is 14.8 Å². The third kappa shape index (κ3) is 4.00. The Labute approximate surface area is 122 Å². The maximum atomic E-state index is 12.2. The van der Waals surface area contributed by atoms with Crippen LogP contribution in [0, 0.1) is 0 Å². The molecule has 0 bridgehead atoms. The SMILES string of the molecule is CC(CN1CCOCC1)NS(=O)(=O)c1[nH]ncc1C(=O)O. The van der Waals surface area contributed by atoms with Gasteiger partial charge in [0.15, 0.2) is 5.03 Å². The predicted molar refractivity (Wildman–Crippen MR) is 72.6 cm³/mol. The standard InChI is InChI=1S/C11H18N4O5S/c1-8(7-15-2-4-20-5-3-15)14-21(18,19)10-9(11(16)17)6-12-13-10/h6,8,14H,2-5,7H2,1H3,(H,12,13)(H,16,17). The Bertz CT molecular complexity index is 594. The number of H-pyrrole nitrogens is 1. The van der Waals surface area contributed by atoms with E-state index in [0.29, 0.717) is 19.8 Å². The van der Waals surface area contributed by atoms with Crippen molar-refractivity contribution in [1.82, 2.24) is 19.8 Å². The highest BCUT2D eigenvalue weighted by atomic mass is 32.2. The lowest BCUT2D eigenvalue weighted by Gasteiger charge is -2.29. The maximum Gasteiger partial charge on any atom is 0.340 e. The van der Waals surface area contributed by atoms with Crippen LogP contribution in [0.25, 0.3) is 0 Å². The number of carboxylic acids is 1. The molecule has 118 valence electrons. The Morgan fingerprint density at radius 2 is 2.24 bits per heavy atom. The second kappa shape index (κ2) is 6.52. The van der Waals surface area contributed by atoms with Gasteiger partial charge in [-0.25, -0.2) is 17.9 Å². The summed E-state index contributed by atoms with van der Waals surface area (Å²) in [6, 6.07) is -0.363. The Hall–Kier alpha value is -1.49. The first-order valence-electron chi connectivity index (χ1n) is 6.49. The van der Waals surface area contributed by atoms with Crippen molar-refractivity contribution in [3.8, 4) is 0 Å². The van der Waals surface area contributed by atoms with E-state index in [1.54, 1.807) is 6.92 Å².